The number of nitrogens with two attached hydrogens (primary N) is 1. The van der Waals surface area contributed by atoms with Crippen LogP contribution < -0.4 is 11.1 Å². The van der Waals surface area contributed by atoms with Gasteiger partial charge in [-0.25, -0.2) is 0 Å². The Balaban J connectivity index is 4.08. The summed E-state index contributed by atoms with van der Waals surface area (Å²) in [5.41, 5.74) is 4.65. The van der Waals surface area contributed by atoms with Gasteiger partial charge in [-0.2, -0.15) is 0 Å². The summed E-state index contributed by atoms with van der Waals surface area (Å²) in [5.74, 6) is -0.281. The predicted octanol–water partition coefficient (Wildman–Crippen LogP) is 0.250. The highest BCUT2D eigenvalue weighted by Gasteiger charge is 2.26. The van der Waals surface area contributed by atoms with Gasteiger partial charge in [0.2, 0.25) is 5.91 Å². The number of carbonyl (C=O) groups excluding carboxylic acids is 1. The Bertz CT molecular complexity index is 125. The molecule has 0 fully saturated rings. The lowest BCUT2D eigenvalue weighted by molar-refractivity contribution is -0.123. The van der Waals surface area contributed by atoms with Crippen LogP contribution in [0.15, 0.2) is 0 Å². The summed E-state index contributed by atoms with van der Waals surface area (Å²) >= 11 is 0. The fraction of sp³-hybridized carbons (Fsp3) is 0.857. The van der Waals surface area contributed by atoms with E-state index in [-0.39, 0.29) is 5.91 Å². The summed E-state index contributed by atoms with van der Waals surface area (Å²) in [6.07, 6.45) is 1.75. The quantitative estimate of drug-likeness (QED) is 0.594. The van der Waals surface area contributed by atoms with E-state index < -0.39 is 5.54 Å². The minimum atomic E-state index is -0.519. The average Bonchev–Trinajstić information content (AvgIpc) is 1.88. The zero-order chi connectivity index (χ0) is 8.20. The molecule has 0 aromatic carbocycles. The lowest BCUT2D eigenvalue weighted by atomic mass is 9.96. The SMILES string of the molecule is CCC[C@@](C)(NC)C(N)=O. The maximum Gasteiger partial charge on any atom is 0.237 e. The Morgan fingerprint density at radius 1 is 1.70 bits per heavy atom. The van der Waals surface area contributed by atoms with Crippen molar-refractivity contribution in [3.63, 3.8) is 0 Å². The Kier molecular flexibility index (Phi) is 3.36. The van der Waals surface area contributed by atoms with Gasteiger partial charge in [-0.3, -0.25) is 4.79 Å². The third kappa shape index (κ3) is 1.99. The van der Waals surface area contributed by atoms with Crippen LogP contribution in [-0.4, -0.2) is 18.5 Å². The largest absolute Gasteiger partial charge is 0.368 e. The molecule has 0 aromatic rings. The predicted molar refractivity (Wildman–Crippen MR) is 41.6 cm³/mol. The highest BCUT2D eigenvalue weighted by atomic mass is 16.1. The molecule has 0 aliphatic heterocycles. The second-order valence-corrected chi connectivity index (χ2v) is 2.70. The minimum Gasteiger partial charge on any atom is -0.368 e. The van der Waals surface area contributed by atoms with E-state index in [1.807, 2.05) is 13.8 Å². The fourth-order valence-electron chi connectivity index (χ4n) is 0.871. The first-order valence-corrected chi connectivity index (χ1v) is 3.55. The van der Waals surface area contributed by atoms with Crippen LogP contribution in [-0.2, 0) is 4.79 Å². The zero-order valence-electron chi connectivity index (χ0n) is 6.90. The maximum absolute atomic E-state index is 10.8. The van der Waals surface area contributed by atoms with Gasteiger partial charge in [0, 0.05) is 0 Å². The van der Waals surface area contributed by atoms with Gasteiger partial charge in [0.1, 0.15) is 0 Å². The van der Waals surface area contributed by atoms with E-state index >= 15 is 0 Å². The van der Waals surface area contributed by atoms with Gasteiger partial charge in [0.15, 0.2) is 0 Å². The number of amides is 1. The third-order valence-electron chi connectivity index (χ3n) is 1.85. The molecule has 0 bridgehead atoms. The van der Waals surface area contributed by atoms with Crippen LogP contribution in [0, 0.1) is 0 Å². The van der Waals surface area contributed by atoms with Gasteiger partial charge in [-0.15, -0.1) is 0 Å². The molecule has 0 aliphatic rings. The molecule has 0 rings (SSSR count). The Labute approximate surface area is 62.0 Å². The normalized spacial score (nSPS) is 16.3. The van der Waals surface area contributed by atoms with E-state index in [0.29, 0.717) is 0 Å². The average molecular weight is 144 g/mol. The third-order valence-corrected chi connectivity index (χ3v) is 1.85. The van der Waals surface area contributed by atoms with Crippen LogP contribution >= 0.6 is 0 Å². The van der Waals surface area contributed by atoms with E-state index in [1.54, 1.807) is 7.05 Å². The number of nitrogens with one attached hydrogen (secondary N) is 1. The molecule has 1 amide bonds. The molecule has 0 spiro atoms. The van der Waals surface area contributed by atoms with Gasteiger partial charge >= 0.3 is 0 Å². The maximum atomic E-state index is 10.8. The van der Waals surface area contributed by atoms with E-state index in [9.17, 15) is 4.79 Å². The first-order chi connectivity index (χ1) is 4.56. The van der Waals surface area contributed by atoms with Gasteiger partial charge < -0.3 is 11.1 Å². The molecule has 0 saturated heterocycles. The summed E-state index contributed by atoms with van der Waals surface area (Å²) < 4.78 is 0. The van der Waals surface area contributed by atoms with Crippen molar-refractivity contribution in [1.82, 2.24) is 5.32 Å². The minimum absolute atomic E-state index is 0.281. The molecule has 0 unspecified atom stereocenters. The molecule has 3 nitrogen and oxygen atoms in total. The summed E-state index contributed by atoms with van der Waals surface area (Å²) in [4.78, 5) is 10.8. The molecule has 60 valence electrons. The number of hydrogen-bond donors (Lipinski definition) is 2. The van der Waals surface area contributed by atoms with Crippen molar-refractivity contribution in [3.05, 3.63) is 0 Å². The molecular formula is C7H16N2O. The van der Waals surface area contributed by atoms with Crippen LogP contribution in [0.5, 0.6) is 0 Å². The number of hydrogen-bond acceptors (Lipinski definition) is 2. The van der Waals surface area contributed by atoms with Crippen molar-refractivity contribution < 1.29 is 4.79 Å². The molecule has 0 heterocycles. The molecular weight excluding hydrogens is 128 g/mol. The van der Waals surface area contributed by atoms with Crippen LogP contribution in [0.4, 0.5) is 0 Å². The summed E-state index contributed by atoms with van der Waals surface area (Å²) in [5, 5.41) is 2.90. The summed E-state index contributed by atoms with van der Waals surface area (Å²) in [7, 11) is 1.75. The van der Waals surface area contributed by atoms with Gasteiger partial charge in [-0.1, -0.05) is 13.3 Å². The van der Waals surface area contributed by atoms with Crippen molar-refractivity contribution in [2.45, 2.75) is 32.2 Å². The smallest absolute Gasteiger partial charge is 0.237 e. The van der Waals surface area contributed by atoms with E-state index in [0.717, 1.165) is 12.8 Å². The van der Waals surface area contributed by atoms with E-state index in [2.05, 4.69) is 5.32 Å². The second-order valence-electron chi connectivity index (χ2n) is 2.70. The van der Waals surface area contributed by atoms with Crippen molar-refractivity contribution in [1.29, 1.82) is 0 Å². The van der Waals surface area contributed by atoms with E-state index in [4.69, 9.17) is 5.73 Å². The van der Waals surface area contributed by atoms with E-state index in [1.165, 1.54) is 0 Å². The Morgan fingerprint density at radius 2 is 2.20 bits per heavy atom. The van der Waals surface area contributed by atoms with Gasteiger partial charge in [0.05, 0.1) is 5.54 Å². The molecule has 0 radical (unpaired) electrons. The lowest BCUT2D eigenvalue weighted by Crippen LogP contribution is -2.51. The highest BCUT2D eigenvalue weighted by molar-refractivity contribution is 5.84. The fourth-order valence-corrected chi connectivity index (χ4v) is 0.871. The second kappa shape index (κ2) is 3.56. The molecule has 10 heavy (non-hydrogen) atoms. The van der Waals surface area contributed by atoms with Crippen molar-refractivity contribution in [3.8, 4) is 0 Å². The van der Waals surface area contributed by atoms with Crippen LogP contribution in [0.25, 0.3) is 0 Å². The molecule has 1 atom stereocenters. The topological polar surface area (TPSA) is 55.1 Å². The zero-order valence-corrected chi connectivity index (χ0v) is 6.90. The number of primary amides is 1. The molecule has 3 N–H and O–H groups in total. The molecule has 3 heteroatoms. The van der Waals surface area contributed by atoms with Gasteiger partial charge in [0.25, 0.3) is 0 Å². The summed E-state index contributed by atoms with van der Waals surface area (Å²) in [6.45, 7) is 3.84. The van der Waals surface area contributed by atoms with Gasteiger partial charge in [-0.05, 0) is 20.4 Å². The van der Waals surface area contributed by atoms with Crippen LogP contribution in [0.2, 0.25) is 0 Å². The summed E-state index contributed by atoms with van der Waals surface area (Å²) in [6, 6.07) is 0. The number of carbonyl (C=O) groups is 1. The molecule has 0 saturated carbocycles. The molecule has 0 aromatic heterocycles. The first kappa shape index (κ1) is 9.43. The first-order valence-electron chi connectivity index (χ1n) is 3.55. The Morgan fingerprint density at radius 3 is 2.30 bits per heavy atom. The highest BCUT2D eigenvalue weighted by Crippen LogP contribution is 2.09. The standard InChI is InChI=1S/C7H16N2O/c1-4-5-7(2,9-3)6(8)10/h9H,4-5H2,1-3H3,(H2,8,10)/t7-/m1/s1. The number of likely N-dealkylation sites (N-methyl/N-ethyl adjacent to an activating group) is 1. The molecule has 0 aliphatic carbocycles. The van der Waals surface area contributed by atoms with Crippen LogP contribution in [0.1, 0.15) is 26.7 Å². The van der Waals surface area contributed by atoms with Crippen molar-refractivity contribution in [2.24, 2.45) is 5.73 Å². The lowest BCUT2D eigenvalue weighted by Gasteiger charge is -2.24. The number of rotatable bonds is 4. The Hall–Kier alpha value is -0.570. The monoisotopic (exact) mass is 144 g/mol. The van der Waals surface area contributed by atoms with Crippen molar-refractivity contribution in [2.75, 3.05) is 7.05 Å². The van der Waals surface area contributed by atoms with Crippen molar-refractivity contribution >= 4 is 5.91 Å². The van der Waals surface area contributed by atoms with Crippen LogP contribution in [0.3, 0.4) is 0 Å².